The normalized spacial score (nSPS) is 29.9. The van der Waals surface area contributed by atoms with Gasteiger partial charge in [-0.2, -0.15) is 0 Å². The van der Waals surface area contributed by atoms with Crippen LogP contribution >= 0.6 is 0 Å². The number of nitrogens with zero attached hydrogens (tertiary/aromatic N) is 1. The van der Waals surface area contributed by atoms with Crippen LogP contribution in [0.5, 0.6) is 0 Å². The first-order chi connectivity index (χ1) is 31.0. The average Bonchev–Trinajstić information content (AvgIpc) is 3.16. The molecule has 1 saturated carbocycles. The van der Waals surface area contributed by atoms with Gasteiger partial charge in [0.2, 0.25) is 5.91 Å². The summed E-state index contributed by atoms with van der Waals surface area (Å²) in [5.74, 6) is -1.51. The summed E-state index contributed by atoms with van der Waals surface area (Å²) < 4.78 is 41.9. The number of likely N-dealkylation sites (N-methyl/N-ethyl adjacent to an activating group) is 1. The molecule has 0 aromatic carbocycles. The maximum atomic E-state index is 13.9. The lowest BCUT2D eigenvalue weighted by Crippen LogP contribution is -2.71. The molecule has 3 aliphatic rings. The van der Waals surface area contributed by atoms with Crippen molar-refractivity contribution in [3.8, 4) is 0 Å². The predicted octanol–water partition coefficient (Wildman–Crippen LogP) is 2.72. The van der Waals surface area contributed by atoms with E-state index in [1.54, 1.807) is 62.3 Å². The third kappa shape index (κ3) is 17.2. The van der Waals surface area contributed by atoms with Gasteiger partial charge in [-0.05, 0) is 113 Å². The van der Waals surface area contributed by atoms with Crippen LogP contribution in [0.15, 0.2) is 11.8 Å². The van der Waals surface area contributed by atoms with E-state index in [0.717, 1.165) is 4.90 Å². The fourth-order valence-corrected chi connectivity index (χ4v) is 9.16. The molecule has 1 aliphatic carbocycles. The molecular formula is C46H86N6O15Si. The molecule has 0 aromatic rings. The van der Waals surface area contributed by atoms with E-state index in [2.05, 4.69) is 55.1 Å². The summed E-state index contributed by atoms with van der Waals surface area (Å²) in [4.78, 5) is 54.2. The lowest BCUT2D eigenvalue weighted by atomic mass is 9.72. The minimum Gasteiger partial charge on any atom is -0.492 e. The maximum absolute atomic E-state index is 13.9. The van der Waals surface area contributed by atoms with Crippen LogP contribution in [0, 0.1) is 5.92 Å². The molecule has 10 N–H and O–H groups in total. The third-order valence-electron chi connectivity index (χ3n) is 12.3. The van der Waals surface area contributed by atoms with Crippen molar-refractivity contribution in [3.05, 3.63) is 11.8 Å². The molecule has 3 rings (SSSR count). The molecular weight excluding hydrogens is 905 g/mol. The number of aliphatic hydroxyl groups is 4. The number of carbonyl (C=O) groups is 4. The van der Waals surface area contributed by atoms with E-state index in [4.69, 9.17) is 38.6 Å². The van der Waals surface area contributed by atoms with Crippen LogP contribution in [0.4, 0.5) is 14.4 Å². The van der Waals surface area contributed by atoms with Crippen molar-refractivity contribution in [3.63, 3.8) is 0 Å². The summed E-state index contributed by atoms with van der Waals surface area (Å²) in [6.45, 7) is 27.5. The first kappa shape index (κ1) is 59.0. The number of amides is 4. The Morgan fingerprint density at radius 3 is 2.03 bits per heavy atom. The molecule has 68 heavy (non-hydrogen) atoms. The third-order valence-corrected chi connectivity index (χ3v) is 16.9. The van der Waals surface area contributed by atoms with Crippen molar-refractivity contribution in [2.45, 2.75) is 211 Å². The van der Waals surface area contributed by atoms with E-state index >= 15 is 0 Å². The Morgan fingerprint density at radius 1 is 0.882 bits per heavy atom. The summed E-state index contributed by atoms with van der Waals surface area (Å²) in [7, 11) is -0.760. The Kier molecular flexibility index (Phi) is 20.2. The van der Waals surface area contributed by atoms with Crippen LogP contribution in [0.2, 0.25) is 18.1 Å². The number of ether oxygens (including phenoxy) is 6. The van der Waals surface area contributed by atoms with Crippen molar-refractivity contribution >= 4 is 32.5 Å². The molecule has 0 radical (unpaired) electrons. The fraction of sp³-hybridized carbons (Fsp3) is 0.870. The summed E-state index contributed by atoms with van der Waals surface area (Å²) in [6.07, 6.45) is -9.62. The van der Waals surface area contributed by atoms with Crippen LogP contribution in [-0.2, 0) is 37.6 Å². The Hall–Kier alpha value is -3.32. The number of nitrogens with one attached hydrogen (secondary N) is 4. The van der Waals surface area contributed by atoms with Gasteiger partial charge in [-0.15, -0.1) is 0 Å². The second kappa shape index (κ2) is 23.3. The molecule has 2 fully saturated rings. The van der Waals surface area contributed by atoms with Crippen molar-refractivity contribution in [1.29, 1.82) is 0 Å². The average molecular weight is 991 g/mol. The second-order valence-corrected chi connectivity index (χ2v) is 27.7. The van der Waals surface area contributed by atoms with Gasteiger partial charge in [-0.25, -0.2) is 14.4 Å². The van der Waals surface area contributed by atoms with Gasteiger partial charge >= 0.3 is 18.3 Å². The molecule has 22 heteroatoms. The standard InChI is InChI=1S/C46H86N6O15Si/c1-42(2,3)65-39(57)49-20-19-30(53)37(56)50-29-23-28(51-40(58)66-43(4,5)6)31(34-27(18-17-26(24-47)63-34)48-21-22-62-68(15,16)45(10,11)12)32(54)35(29)64-38-33(55)36(46(13,60)25-61-38)52(14)41(59)67-44(7,8)9/h17,27-36,38,48,53-55,60H,18-25,47H2,1-16H3,(H,49,57)(H,50,56)(H,51,58)/t27-,28+,29-,30+,31-,32+,33-,34?,35+,36-,38-,46+/m1/s1. The molecule has 0 spiro atoms. The SMILES string of the molecule is CN(C(=O)OC(C)(C)C)[C@@H]1[C@@H](O)[C@@H](O[C@@H]2[C@@H](O)[C@H](C3OC(CN)=CC[C@H]3NCCO[Si](C)(C)C(C)(C)C)[C@@H](NC(=O)OC(C)(C)C)C[C@H]2NC(=O)[C@@H](O)CCNC(=O)OC(C)(C)C)OC[C@]1(C)O. The van der Waals surface area contributed by atoms with Crippen LogP contribution in [0.25, 0.3) is 0 Å². The molecule has 2 heterocycles. The van der Waals surface area contributed by atoms with Gasteiger partial charge in [-0.3, -0.25) is 4.79 Å². The number of rotatable bonds is 16. The van der Waals surface area contributed by atoms with Gasteiger partial charge in [0.1, 0.15) is 52.6 Å². The highest BCUT2D eigenvalue weighted by molar-refractivity contribution is 6.74. The predicted molar refractivity (Wildman–Crippen MR) is 255 cm³/mol. The highest BCUT2D eigenvalue weighted by atomic mass is 28.4. The zero-order chi connectivity index (χ0) is 52.0. The van der Waals surface area contributed by atoms with Crippen molar-refractivity contribution in [1.82, 2.24) is 26.2 Å². The lowest BCUT2D eigenvalue weighted by molar-refractivity contribution is -0.305. The summed E-state index contributed by atoms with van der Waals surface area (Å²) >= 11 is 0. The zero-order valence-electron chi connectivity index (χ0n) is 43.4. The number of nitrogens with two attached hydrogens (primary N) is 1. The molecule has 1 saturated heterocycles. The minimum atomic E-state index is -2.11. The van der Waals surface area contributed by atoms with Crippen LogP contribution in [0.1, 0.15) is 109 Å². The van der Waals surface area contributed by atoms with Gasteiger partial charge < -0.3 is 85.2 Å². The first-order valence-electron chi connectivity index (χ1n) is 23.7. The molecule has 4 amide bonds. The van der Waals surface area contributed by atoms with Crippen molar-refractivity contribution in [2.75, 3.05) is 39.9 Å². The summed E-state index contributed by atoms with van der Waals surface area (Å²) in [6, 6.07) is -4.07. The number of hydrogen-bond acceptors (Lipinski definition) is 17. The number of hydrogen-bond donors (Lipinski definition) is 9. The molecule has 0 aromatic heterocycles. The molecule has 1 unspecified atom stereocenters. The fourth-order valence-electron chi connectivity index (χ4n) is 8.11. The quantitative estimate of drug-likeness (QED) is 0.0610. The van der Waals surface area contributed by atoms with Gasteiger partial charge in [0.25, 0.3) is 0 Å². The lowest BCUT2D eigenvalue weighted by Gasteiger charge is -2.52. The maximum Gasteiger partial charge on any atom is 0.410 e. The largest absolute Gasteiger partial charge is 0.492 e. The zero-order valence-corrected chi connectivity index (χ0v) is 44.4. The molecule has 0 bridgehead atoms. The Labute approximate surface area is 404 Å². The van der Waals surface area contributed by atoms with Gasteiger partial charge in [0.15, 0.2) is 14.6 Å². The molecule has 12 atom stereocenters. The molecule has 21 nitrogen and oxygen atoms in total. The van der Waals surface area contributed by atoms with Crippen LogP contribution in [0.3, 0.4) is 0 Å². The molecule has 2 aliphatic heterocycles. The molecule has 394 valence electrons. The Bertz CT molecular complexity index is 1730. The highest BCUT2D eigenvalue weighted by Crippen LogP contribution is 2.39. The monoisotopic (exact) mass is 991 g/mol. The van der Waals surface area contributed by atoms with Crippen LogP contribution < -0.4 is 27.0 Å². The Morgan fingerprint density at radius 2 is 1.47 bits per heavy atom. The topological polar surface area (TPSA) is 291 Å². The Balaban J connectivity index is 2.10. The number of alkyl carbamates (subject to hydrolysis) is 2. The van der Waals surface area contributed by atoms with Crippen molar-refractivity contribution < 1.29 is 72.5 Å². The summed E-state index contributed by atoms with van der Waals surface area (Å²) in [5.41, 5.74) is 1.68. The van der Waals surface area contributed by atoms with Gasteiger partial charge in [0.05, 0.1) is 31.3 Å². The van der Waals surface area contributed by atoms with E-state index in [1.807, 2.05) is 6.08 Å². The van der Waals surface area contributed by atoms with E-state index in [-0.39, 0.29) is 31.0 Å². The van der Waals surface area contributed by atoms with Crippen LogP contribution in [-0.4, -0.2) is 181 Å². The minimum absolute atomic E-state index is 0.0263. The van der Waals surface area contributed by atoms with E-state index in [1.165, 1.54) is 14.0 Å². The van der Waals surface area contributed by atoms with E-state index < -0.39 is 128 Å². The second-order valence-electron chi connectivity index (χ2n) is 22.9. The highest BCUT2D eigenvalue weighted by Gasteiger charge is 2.56. The smallest absolute Gasteiger partial charge is 0.410 e. The van der Waals surface area contributed by atoms with E-state index in [9.17, 15) is 39.6 Å². The van der Waals surface area contributed by atoms with Crippen molar-refractivity contribution in [2.24, 2.45) is 11.7 Å². The van der Waals surface area contributed by atoms with E-state index in [0.29, 0.717) is 25.3 Å². The number of carbonyl (C=O) groups excluding carboxylic acids is 4. The number of aliphatic hydroxyl groups excluding tert-OH is 3. The summed E-state index contributed by atoms with van der Waals surface area (Å²) in [5, 5.41) is 59.0. The first-order valence-corrected chi connectivity index (χ1v) is 26.6. The van der Waals surface area contributed by atoms with Gasteiger partial charge in [0, 0.05) is 44.7 Å². The van der Waals surface area contributed by atoms with Gasteiger partial charge in [-0.1, -0.05) is 20.8 Å².